The van der Waals surface area contributed by atoms with E-state index in [0.29, 0.717) is 10.6 Å². The van der Waals surface area contributed by atoms with Crippen molar-refractivity contribution in [3.05, 3.63) is 0 Å². The van der Waals surface area contributed by atoms with Crippen molar-refractivity contribution >= 4 is 15.1 Å². The summed E-state index contributed by atoms with van der Waals surface area (Å²) in [6.07, 6.45) is 25.1. The molecule has 2 aliphatic heterocycles. The summed E-state index contributed by atoms with van der Waals surface area (Å²) < 4.78 is 0. The lowest BCUT2D eigenvalue weighted by Gasteiger charge is -2.56. The lowest BCUT2D eigenvalue weighted by atomic mass is 9.24. The van der Waals surface area contributed by atoms with Gasteiger partial charge in [0.1, 0.15) is 7.28 Å². The third-order valence-electron chi connectivity index (χ3n) is 7.85. The molecular weight excluding hydrogens is 286 g/mol. The summed E-state index contributed by atoms with van der Waals surface area (Å²) in [4.78, 5) is 0. The van der Waals surface area contributed by atoms with Crippen molar-refractivity contribution in [2.24, 2.45) is 0 Å². The molecule has 2 heteroatoms. The molecule has 2 saturated heterocycles. The Morgan fingerprint density at radius 2 is 0.958 bits per heavy atom. The quantitative estimate of drug-likeness (QED) is 0.440. The van der Waals surface area contributed by atoms with E-state index in [1.54, 1.807) is 0 Å². The van der Waals surface area contributed by atoms with Gasteiger partial charge in [-0.1, -0.05) is 138 Å². The maximum absolute atomic E-state index is 7.35. The van der Waals surface area contributed by atoms with Crippen molar-refractivity contribution in [1.29, 1.82) is 0 Å². The van der Waals surface area contributed by atoms with Crippen LogP contribution >= 0.6 is 0 Å². The molecule has 24 heavy (non-hydrogen) atoms. The predicted molar refractivity (Wildman–Crippen MR) is 108 cm³/mol. The minimum Gasteiger partial charge on any atom is -0.0675 e. The highest BCUT2D eigenvalue weighted by atomic mass is 14.5. The maximum atomic E-state index is 7.35. The SMILES string of the molecule is [B]C1(C23[B][C@](C)(CCCC2)CCC3)CCCCCCCCCCC1. The van der Waals surface area contributed by atoms with E-state index in [4.69, 9.17) is 7.85 Å². The van der Waals surface area contributed by atoms with Gasteiger partial charge in [-0.3, -0.25) is 0 Å². The highest BCUT2D eigenvalue weighted by Gasteiger charge is 2.52. The van der Waals surface area contributed by atoms with Crippen LogP contribution in [0, 0.1) is 0 Å². The average Bonchev–Trinajstić information content (AvgIpc) is 2.67. The van der Waals surface area contributed by atoms with Gasteiger partial charge in [-0.15, -0.1) is 0 Å². The number of rotatable bonds is 1. The number of hydrogen-bond acceptors (Lipinski definition) is 0. The summed E-state index contributed by atoms with van der Waals surface area (Å²) in [7, 11) is 10.2. The molecule has 133 valence electrons. The Kier molecular flexibility index (Phi) is 6.47. The zero-order valence-electron chi connectivity index (χ0n) is 16.4. The van der Waals surface area contributed by atoms with Crippen LogP contribution in [-0.2, 0) is 0 Å². The van der Waals surface area contributed by atoms with E-state index in [2.05, 4.69) is 14.2 Å². The van der Waals surface area contributed by atoms with E-state index in [1.807, 2.05) is 0 Å². The minimum absolute atomic E-state index is 0.0816. The van der Waals surface area contributed by atoms with Gasteiger partial charge >= 0.3 is 0 Å². The lowest BCUT2D eigenvalue weighted by molar-refractivity contribution is 0.256. The Morgan fingerprint density at radius 1 is 0.542 bits per heavy atom. The molecule has 0 N–H and O–H groups in total. The van der Waals surface area contributed by atoms with E-state index in [1.165, 1.54) is 116 Å². The van der Waals surface area contributed by atoms with Gasteiger partial charge in [0.15, 0.2) is 0 Å². The monoisotopic (exact) mass is 325 g/mol. The smallest absolute Gasteiger partial charge is 0.0675 e. The van der Waals surface area contributed by atoms with Crippen molar-refractivity contribution in [2.45, 2.75) is 138 Å². The summed E-state index contributed by atoms with van der Waals surface area (Å²) in [5.41, 5.74) is 0. The van der Waals surface area contributed by atoms with Crippen molar-refractivity contribution in [1.82, 2.24) is 0 Å². The molecule has 0 aromatic carbocycles. The highest BCUT2D eigenvalue weighted by Crippen LogP contribution is 2.68. The van der Waals surface area contributed by atoms with Crippen LogP contribution in [0.5, 0.6) is 0 Å². The normalized spacial score (nSPS) is 38.9. The summed E-state index contributed by atoms with van der Waals surface area (Å²) in [6, 6.07) is 0. The summed E-state index contributed by atoms with van der Waals surface area (Å²) in [5.74, 6) is 0. The van der Waals surface area contributed by atoms with Crippen LogP contribution < -0.4 is 0 Å². The molecule has 1 unspecified atom stereocenters. The van der Waals surface area contributed by atoms with Gasteiger partial charge < -0.3 is 0 Å². The van der Waals surface area contributed by atoms with Gasteiger partial charge in [-0.2, -0.15) is 0 Å². The molecule has 1 aliphatic carbocycles. The molecular formula is C22H39B2. The summed E-state index contributed by atoms with van der Waals surface area (Å²) >= 11 is 0. The summed E-state index contributed by atoms with van der Waals surface area (Å²) in [5, 5.41) is 0.906. The van der Waals surface area contributed by atoms with E-state index in [0.717, 1.165) is 0 Å². The Labute approximate surface area is 154 Å². The largest absolute Gasteiger partial charge is 0.125 e. The fraction of sp³-hybridized carbons (Fsp3) is 1.00. The number of hydrogen-bond donors (Lipinski definition) is 0. The van der Waals surface area contributed by atoms with Gasteiger partial charge in [0.25, 0.3) is 0 Å². The Hall–Kier alpha value is 0.130. The van der Waals surface area contributed by atoms with E-state index >= 15 is 0 Å². The molecule has 3 radical (unpaired) electrons. The van der Waals surface area contributed by atoms with Crippen LogP contribution in [0.25, 0.3) is 0 Å². The molecule has 0 aromatic heterocycles. The average molecular weight is 325 g/mol. The zero-order valence-corrected chi connectivity index (χ0v) is 16.4. The molecule has 3 aliphatic rings. The molecule has 3 rings (SSSR count). The Bertz CT molecular complexity index is 381. The standard InChI is InChI=1S/C22H39B2/c1-20-14-11-12-18-22(24-20,19-13-15-20)21(23)16-9-7-5-3-2-4-6-8-10-17-21/h2-19H2,1H3/t20-,22?/m1/s1. The predicted octanol–water partition coefficient (Wildman–Crippen LogP) is 7.42. The van der Waals surface area contributed by atoms with Crippen LogP contribution in [0.2, 0.25) is 15.9 Å². The first-order valence-corrected chi connectivity index (χ1v) is 11.2. The molecule has 0 spiro atoms. The second kappa shape index (κ2) is 8.22. The first-order chi connectivity index (χ1) is 11.6. The first-order valence-electron chi connectivity index (χ1n) is 11.2. The van der Waals surface area contributed by atoms with Crippen molar-refractivity contribution < 1.29 is 0 Å². The fourth-order valence-electron chi connectivity index (χ4n) is 6.37. The Morgan fingerprint density at radius 3 is 1.58 bits per heavy atom. The fourth-order valence-corrected chi connectivity index (χ4v) is 6.37. The molecule has 0 aromatic rings. The molecule has 3 fully saturated rings. The molecule has 0 amide bonds. The van der Waals surface area contributed by atoms with Crippen LogP contribution in [0.15, 0.2) is 0 Å². The maximum Gasteiger partial charge on any atom is 0.125 e. The van der Waals surface area contributed by atoms with Crippen molar-refractivity contribution in [3.63, 3.8) is 0 Å². The Balaban J connectivity index is 1.77. The van der Waals surface area contributed by atoms with Crippen LogP contribution in [0.3, 0.4) is 0 Å². The van der Waals surface area contributed by atoms with Gasteiger partial charge in [0, 0.05) is 0 Å². The molecule has 2 atom stereocenters. The second-order valence-corrected chi connectivity index (χ2v) is 9.85. The minimum atomic E-state index is 0.0816. The summed E-state index contributed by atoms with van der Waals surface area (Å²) in [6.45, 7) is 2.53. The van der Waals surface area contributed by atoms with Crippen LogP contribution in [0.1, 0.15) is 122 Å². The first kappa shape index (κ1) is 18.9. The third kappa shape index (κ3) is 4.27. The topological polar surface area (TPSA) is 0 Å². The second-order valence-electron chi connectivity index (χ2n) is 9.85. The van der Waals surface area contributed by atoms with Crippen LogP contribution in [-0.4, -0.2) is 15.1 Å². The number of fused-ring (bicyclic) bond motifs is 2. The molecule has 0 nitrogen and oxygen atoms in total. The molecule has 1 saturated carbocycles. The van der Waals surface area contributed by atoms with Gasteiger partial charge in [-0.25, -0.2) is 0 Å². The molecule has 2 bridgehead atoms. The van der Waals surface area contributed by atoms with Crippen LogP contribution in [0.4, 0.5) is 0 Å². The van der Waals surface area contributed by atoms with Gasteiger partial charge in [-0.05, 0) is 0 Å². The van der Waals surface area contributed by atoms with Crippen molar-refractivity contribution in [2.75, 3.05) is 0 Å². The zero-order chi connectivity index (χ0) is 16.9. The van der Waals surface area contributed by atoms with E-state index in [-0.39, 0.29) is 5.31 Å². The third-order valence-corrected chi connectivity index (χ3v) is 7.85. The lowest BCUT2D eigenvalue weighted by Crippen LogP contribution is -2.42. The van der Waals surface area contributed by atoms with Crippen molar-refractivity contribution in [3.8, 4) is 0 Å². The highest BCUT2D eigenvalue weighted by molar-refractivity contribution is 6.47. The molecule has 2 heterocycles. The van der Waals surface area contributed by atoms with Gasteiger partial charge in [0.2, 0.25) is 0 Å². The van der Waals surface area contributed by atoms with Gasteiger partial charge in [0.05, 0.1) is 7.85 Å². The van der Waals surface area contributed by atoms with E-state index < -0.39 is 0 Å². The van der Waals surface area contributed by atoms with E-state index in [9.17, 15) is 0 Å².